The van der Waals surface area contributed by atoms with Crippen LogP contribution in [0.25, 0.3) is 101 Å². The number of aromatic nitrogens is 8. The Kier molecular flexibility index (Phi) is 8.25. The molecule has 15 aromatic rings. The van der Waals surface area contributed by atoms with Crippen molar-refractivity contribution in [2.75, 3.05) is 0 Å². The monoisotopic (exact) mass is 918 g/mol. The fourth-order valence-electron chi connectivity index (χ4n) is 10.8. The summed E-state index contributed by atoms with van der Waals surface area (Å²) in [6.07, 6.45) is 0. The summed E-state index contributed by atoms with van der Waals surface area (Å²) in [5.74, 6) is 2.65. The molecule has 0 saturated carbocycles. The summed E-state index contributed by atoms with van der Waals surface area (Å²) < 4.78 is 15.7. The van der Waals surface area contributed by atoms with Crippen LogP contribution >= 0.6 is 10.0 Å². The van der Waals surface area contributed by atoms with Gasteiger partial charge in [0.2, 0.25) is 17.5 Å². The number of fused-ring (bicyclic) bond motifs is 13. The highest BCUT2D eigenvalue weighted by atomic mass is 32.3. The standard InChI is InChI=1S/C60H38N8OS/c1-3-20-40(21-4-1)70(41-22-5-2-6-23-41,55-36-18-26-44-43-25-7-16-35-54(43)69-57(44)55)42-24-17-19-39(37-42)47-38-56(67-52-33-14-12-31-50(52)65-48-29-10-8-27-45(48)62-59(65)67)64-58(61-47)68-53-34-15-13-32-51(53)66-49-30-11-9-28-46(49)63-60(66)68/h1-38H. The quantitative estimate of drug-likeness (QED) is 0.159. The van der Waals surface area contributed by atoms with Crippen molar-refractivity contribution in [3.8, 4) is 23.0 Å². The van der Waals surface area contributed by atoms with E-state index >= 15 is 0 Å². The molecule has 10 heteroatoms. The summed E-state index contributed by atoms with van der Waals surface area (Å²) in [5, 5.41) is 2.18. The lowest BCUT2D eigenvalue weighted by molar-refractivity contribution is 0.659. The van der Waals surface area contributed by atoms with Gasteiger partial charge >= 0.3 is 0 Å². The van der Waals surface area contributed by atoms with E-state index in [0.29, 0.717) is 11.8 Å². The van der Waals surface area contributed by atoms with Gasteiger partial charge in [-0.1, -0.05) is 127 Å². The maximum absolute atomic E-state index is 6.95. The van der Waals surface area contributed by atoms with Crippen molar-refractivity contribution in [2.45, 2.75) is 19.6 Å². The van der Waals surface area contributed by atoms with Crippen LogP contribution in [0.3, 0.4) is 0 Å². The molecule has 6 heterocycles. The Bertz CT molecular complexity index is 4360. The van der Waals surface area contributed by atoms with Crippen LogP contribution < -0.4 is 0 Å². The number of hydrogen-bond acceptors (Lipinski definition) is 5. The van der Waals surface area contributed by atoms with E-state index in [2.05, 4.69) is 230 Å². The summed E-state index contributed by atoms with van der Waals surface area (Å²) in [7, 11) is -2.24. The van der Waals surface area contributed by atoms with E-state index < -0.39 is 10.0 Å². The zero-order chi connectivity index (χ0) is 45.9. The van der Waals surface area contributed by atoms with E-state index in [9.17, 15) is 0 Å². The summed E-state index contributed by atoms with van der Waals surface area (Å²) in [6, 6.07) is 81.3. The molecule has 0 aliphatic rings. The van der Waals surface area contributed by atoms with Gasteiger partial charge in [0.15, 0.2) is 0 Å². The average molecular weight is 919 g/mol. The van der Waals surface area contributed by atoms with E-state index in [0.717, 1.165) is 98.7 Å². The number of rotatable bonds is 7. The lowest BCUT2D eigenvalue weighted by Gasteiger charge is -2.42. The first kappa shape index (κ1) is 38.8. The third-order valence-corrected chi connectivity index (χ3v) is 17.6. The van der Waals surface area contributed by atoms with Gasteiger partial charge < -0.3 is 4.42 Å². The Hall–Kier alpha value is -9.25. The molecule has 0 radical (unpaired) electrons. The van der Waals surface area contributed by atoms with Crippen LogP contribution in [0.15, 0.2) is 255 Å². The largest absolute Gasteiger partial charge is 0.455 e. The fraction of sp³-hybridized carbons (Fsp3) is 0. The van der Waals surface area contributed by atoms with Crippen molar-refractivity contribution in [3.05, 3.63) is 231 Å². The second-order valence-electron chi connectivity index (χ2n) is 17.5. The van der Waals surface area contributed by atoms with Gasteiger partial charge in [-0.2, -0.15) is 4.98 Å². The fourth-order valence-corrected chi connectivity index (χ4v) is 14.8. The third-order valence-electron chi connectivity index (χ3n) is 13.7. The van der Waals surface area contributed by atoms with Crippen molar-refractivity contribution in [2.24, 2.45) is 0 Å². The Labute approximate surface area is 401 Å². The summed E-state index contributed by atoms with van der Waals surface area (Å²) in [6.45, 7) is 0. The first-order chi connectivity index (χ1) is 34.7. The van der Waals surface area contributed by atoms with Crippen LogP contribution in [-0.2, 0) is 0 Å². The highest BCUT2D eigenvalue weighted by molar-refractivity contribution is 8.34. The summed E-state index contributed by atoms with van der Waals surface area (Å²) in [4.78, 5) is 26.3. The zero-order valence-corrected chi connectivity index (χ0v) is 38.2. The van der Waals surface area contributed by atoms with Gasteiger partial charge in [0.25, 0.3) is 0 Å². The highest BCUT2D eigenvalue weighted by Crippen LogP contribution is 2.75. The van der Waals surface area contributed by atoms with Crippen molar-refractivity contribution >= 4 is 87.7 Å². The second-order valence-corrected chi connectivity index (χ2v) is 20.6. The topological polar surface area (TPSA) is 83.4 Å². The smallest absolute Gasteiger partial charge is 0.239 e. The molecule has 0 saturated heterocycles. The Morgan fingerprint density at radius 3 is 1.56 bits per heavy atom. The van der Waals surface area contributed by atoms with Crippen molar-refractivity contribution in [1.82, 2.24) is 37.9 Å². The highest BCUT2D eigenvalue weighted by Gasteiger charge is 2.36. The molecule has 0 atom stereocenters. The molecule has 0 aliphatic carbocycles. The number of furan rings is 1. The Balaban J connectivity index is 1.05. The first-order valence-electron chi connectivity index (χ1n) is 23.3. The Morgan fingerprint density at radius 2 is 0.886 bits per heavy atom. The number of hydrogen-bond donors (Lipinski definition) is 0. The minimum atomic E-state index is -2.24. The molecule has 9 nitrogen and oxygen atoms in total. The molecule has 6 aromatic heterocycles. The van der Waals surface area contributed by atoms with Crippen LogP contribution in [0.4, 0.5) is 0 Å². The van der Waals surface area contributed by atoms with Crippen LogP contribution in [0.5, 0.6) is 0 Å². The van der Waals surface area contributed by atoms with Gasteiger partial charge in [0, 0.05) is 42.0 Å². The van der Waals surface area contributed by atoms with Crippen LogP contribution in [-0.4, -0.2) is 37.9 Å². The Morgan fingerprint density at radius 1 is 0.371 bits per heavy atom. The lowest BCUT2D eigenvalue weighted by Crippen LogP contribution is -2.08. The van der Waals surface area contributed by atoms with Gasteiger partial charge in [0.1, 0.15) is 17.0 Å². The van der Waals surface area contributed by atoms with E-state index in [1.807, 2.05) is 18.2 Å². The molecule has 0 aliphatic heterocycles. The predicted octanol–water partition coefficient (Wildman–Crippen LogP) is 14.9. The van der Waals surface area contributed by atoms with E-state index in [1.165, 1.54) is 9.79 Å². The maximum Gasteiger partial charge on any atom is 0.239 e. The zero-order valence-electron chi connectivity index (χ0n) is 37.3. The molecule has 0 bridgehead atoms. The molecule has 0 amide bonds. The van der Waals surface area contributed by atoms with Crippen molar-refractivity contribution in [3.63, 3.8) is 0 Å². The SMILES string of the molecule is c1ccc(S(c2ccccc2)(c2cccc(-c3cc(-n4c5ccccc5n5c6ccccc6nc45)nc(-n4c5ccccc5n5c6ccccc6nc45)n3)c2)c2cccc3c2oc2ccccc23)cc1. The first-order valence-corrected chi connectivity index (χ1v) is 24.9. The van der Waals surface area contributed by atoms with Crippen LogP contribution in [0.1, 0.15) is 0 Å². The molecule has 0 spiro atoms. The molecule has 15 rings (SSSR count). The van der Waals surface area contributed by atoms with Crippen molar-refractivity contribution in [1.29, 1.82) is 0 Å². The molecule has 0 N–H and O–H groups in total. The maximum atomic E-state index is 6.95. The predicted molar refractivity (Wildman–Crippen MR) is 281 cm³/mol. The van der Waals surface area contributed by atoms with Gasteiger partial charge in [-0.05, 0) is 97.1 Å². The molecular weight excluding hydrogens is 881 g/mol. The molecule has 0 unspecified atom stereocenters. The van der Waals surface area contributed by atoms with Crippen molar-refractivity contribution < 1.29 is 4.42 Å². The van der Waals surface area contributed by atoms with E-state index in [4.69, 9.17) is 24.4 Å². The molecular formula is C60H38N8OS. The lowest BCUT2D eigenvalue weighted by atomic mass is 10.1. The third kappa shape index (κ3) is 5.44. The minimum absolute atomic E-state index is 0.489. The average Bonchev–Trinajstić information content (AvgIpc) is 4.24. The van der Waals surface area contributed by atoms with Gasteiger partial charge in [-0.25, -0.2) is 19.5 Å². The van der Waals surface area contributed by atoms with Gasteiger partial charge in [-0.15, -0.1) is 10.0 Å². The molecule has 70 heavy (non-hydrogen) atoms. The number of imidazole rings is 4. The van der Waals surface area contributed by atoms with Crippen LogP contribution in [0, 0.1) is 0 Å². The number of para-hydroxylation sites is 10. The van der Waals surface area contributed by atoms with E-state index in [1.54, 1.807) is 0 Å². The van der Waals surface area contributed by atoms with Gasteiger partial charge in [-0.3, -0.25) is 13.4 Å². The molecule has 9 aromatic carbocycles. The van der Waals surface area contributed by atoms with Crippen LogP contribution in [0.2, 0.25) is 0 Å². The summed E-state index contributed by atoms with van der Waals surface area (Å²) in [5.41, 5.74) is 11.2. The number of nitrogens with zero attached hydrogens (tertiary/aromatic N) is 8. The number of benzene rings is 9. The molecule has 0 fully saturated rings. The summed E-state index contributed by atoms with van der Waals surface area (Å²) >= 11 is 0. The molecule has 330 valence electrons. The van der Waals surface area contributed by atoms with E-state index in [-0.39, 0.29) is 0 Å². The van der Waals surface area contributed by atoms with Gasteiger partial charge in [0.05, 0.1) is 49.8 Å². The second kappa shape index (κ2) is 14.9. The normalized spacial score (nSPS) is 12.5. The minimum Gasteiger partial charge on any atom is -0.455 e.